The van der Waals surface area contributed by atoms with Crippen LogP contribution in [0.4, 0.5) is 23.0 Å². The van der Waals surface area contributed by atoms with Crippen LogP contribution >= 0.6 is 0 Å². The number of carbonyl (C=O) groups is 3. The fraction of sp³-hybridized carbons (Fsp3) is 0.259. The number of ether oxygens (including phenoxy) is 1. The molecule has 0 unspecified atom stereocenters. The summed E-state index contributed by atoms with van der Waals surface area (Å²) in [7, 11) is 3.38. The molecule has 2 aromatic heterocycles. The highest BCUT2D eigenvalue weighted by Gasteiger charge is 2.27. The van der Waals surface area contributed by atoms with Gasteiger partial charge in [-0.05, 0) is 48.4 Å². The first-order valence-electron chi connectivity index (χ1n) is 12.3. The van der Waals surface area contributed by atoms with Gasteiger partial charge in [-0.15, -0.1) is 0 Å². The Kier molecular flexibility index (Phi) is 5.55. The molecule has 11 heteroatoms. The first-order valence-corrected chi connectivity index (χ1v) is 12.3. The van der Waals surface area contributed by atoms with Gasteiger partial charge in [0.05, 0.1) is 19.3 Å². The summed E-state index contributed by atoms with van der Waals surface area (Å²) >= 11 is 0. The molecule has 2 aliphatic rings. The largest absolute Gasteiger partial charge is 0.497 e. The topological polar surface area (TPSA) is 125 Å². The third-order valence-electron chi connectivity index (χ3n) is 7.04. The Morgan fingerprint density at radius 3 is 2.68 bits per heavy atom. The van der Waals surface area contributed by atoms with Crippen molar-refractivity contribution in [2.75, 3.05) is 42.8 Å². The van der Waals surface area contributed by atoms with E-state index in [9.17, 15) is 14.4 Å². The molecule has 0 saturated carbocycles. The number of anilines is 4. The monoisotopic (exact) mass is 513 g/mol. The van der Waals surface area contributed by atoms with E-state index in [1.807, 2.05) is 29.9 Å². The molecule has 2 aliphatic heterocycles. The van der Waals surface area contributed by atoms with Crippen LogP contribution in [-0.4, -0.2) is 64.6 Å². The predicted octanol–water partition coefficient (Wildman–Crippen LogP) is 3.36. The summed E-state index contributed by atoms with van der Waals surface area (Å²) in [5.41, 5.74) is 4.06. The SMILES string of the molecule is COc1ccc2[nH]c(C(=O)Nc3cc4n(n3)CCN4c3ccc4c(c3)CCN(C)C4=O)c(NC(C)=O)c2c1. The minimum Gasteiger partial charge on any atom is -0.497 e. The average molecular weight is 514 g/mol. The molecular weight excluding hydrogens is 486 g/mol. The van der Waals surface area contributed by atoms with Crippen molar-refractivity contribution in [2.45, 2.75) is 19.9 Å². The number of hydrogen-bond donors (Lipinski definition) is 3. The van der Waals surface area contributed by atoms with Crippen LogP contribution in [-0.2, 0) is 17.8 Å². The van der Waals surface area contributed by atoms with Crippen molar-refractivity contribution >= 4 is 51.6 Å². The highest BCUT2D eigenvalue weighted by atomic mass is 16.5. The third kappa shape index (κ3) is 3.92. The lowest BCUT2D eigenvalue weighted by atomic mass is 9.98. The first kappa shape index (κ1) is 23.6. The Labute approximate surface area is 218 Å². The van der Waals surface area contributed by atoms with Crippen LogP contribution in [0.15, 0.2) is 42.5 Å². The zero-order valence-electron chi connectivity index (χ0n) is 21.3. The van der Waals surface area contributed by atoms with E-state index in [4.69, 9.17) is 4.74 Å². The molecule has 0 radical (unpaired) electrons. The van der Waals surface area contributed by atoms with Crippen LogP contribution in [0.5, 0.6) is 5.75 Å². The van der Waals surface area contributed by atoms with Gasteiger partial charge < -0.3 is 30.2 Å². The molecule has 3 N–H and O–H groups in total. The summed E-state index contributed by atoms with van der Waals surface area (Å²) in [4.78, 5) is 44.7. The van der Waals surface area contributed by atoms with E-state index >= 15 is 0 Å². The van der Waals surface area contributed by atoms with Gasteiger partial charge in [0.25, 0.3) is 11.8 Å². The van der Waals surface area contributed by atoms with Gasteiger partial charge in [-0.25, -0.2) is 4.68 Å². The van der Waals surface area contributed by atoms with Crippen LogP contribution in [0.2, 0.25) is 0 Å². The molecule has 4 aromatic rings. The van der Waals surface area contributed by atoms with Crippen molar-refractivity contribution in [2.24, 2.45) is 0 Å². The molecule has 0 aliphatic carbocycles. The number of H-pyrrole nitrogens is 1. The maximum absolute atomic E-state index is 13.3. The van der Waals surface area contributed by atoms with Gasteiger partial charge in [-0.2, -0.15) is 5.10 Å². The number of carbonyl (C=O) groups excluding carboxylic acids is 3. The number of aromatic amines is 1. The van der Waals surface area contributed by atoms with Crippen LogP contribution in [0.3, 0.4) is 0 Å². The molecule has 0 bridgehead atoms. The van der Waals surface area contributed by atoms with Crippen molar-refractivity contribution in [1.29, 1.82) is 0 Å². The summed E-state index contributed by atoms with van der Waals surface area (Å²) in [5.74, 6) is 1.18. The van der Waals surface area contributed by atoms with Gasteiger partial charge in [-0.3, -0.25) is 14.4 Å². The van der Waals surface area contributed by atoms with Crippen molar-refractivity contribution in [3.8, 4) is 5.75 Å². The van der Waals surface area contributed by atoms with Crippen LogP contribution in [0.25, 0.3) is 10.9 Å². The third-order valence-corrected chi connectivity index (χ3v) is 7.04. The van der Waals surface area contributed by atoms with E-state index in [-0.39, 0.29) is 17.5 Å². The number of likely N-dealkylation sites (N-methyl/N-ethyl adjacent to an activating group) is 1. The summed E-state index contributed by atoms with van der Waals surface area (Å²) in [6, 6.07) is 13.1. The number of fused-ring (bicyclic) bond motifs is 3. The molecule has 3 amide bonds. The van der Waals surface area contributed by atoms with Crippen LogP contribution in [0.1, 0.15) is 33.3 Å². The van der Waals surface area contributed by atoms with Gasteiger partial charge in [-0.1, -0.05) is 0 Å². The van der Waals surface area contributed by atoms with Crippen molar-refractivity contribution in [3.05, 3.63) is 59.3 Å². The summed E-state index contributed by atoms with van der Waals surface area (Å²) in [6.07, 6.45) is 0.812. The Bertz CT molecular complexity index is 1620. The van der Waals surface area contributed by atoms with E-state index < -0.39 is 5.91 Å². The van der Waals surface area contributed by atoms with Crippen molar-refractivity contribution in [1.82, 2.24) is 19.7 Å². The number of amides is 3. The first-order chi connectivity index (χ1) is 18.3. The van der Waals surface area contributed by atoms with Gasteiger partial charge in [0.1, 0.15) is 17.3 Å². The van der Waals surface area contributed by atoms with Gasteiger partial charge in [0.2, 0.25) is 5.91 Å². The van der Waals surface area contributed by atoms with Crippen LogP contribution < -0.4 is 20.3 Å². The van der Waals surface area contributed by atoms with Crippen molar-refractivity contribution < 1.29 is 19.1 Å². The highest BCUT2D eigenvalue weighted by molar-refractivity contribution is 6.15. The number of aromatic nitrogens is 3. The highest BCUT2D eigenvalue weighted by Crippen LogP contribution is 2.35. The maximum atomic E-state index is 13.3. The smallest absolute Gasteiger partial charge is 0.275 e. The number of benzene rings is 2. The Balaban J connectivity index is 1.27. The lowest BCUT2D eigenvalue weighted by Gasteiger charge is -2.26. The second kappa shape index (κ2) is 8.94. The summed E-state index contributed by atoms with van der Waals surface area (Å²) in [5, 5.41) is 10.9. The predicted molar refractivity (Wildman–Crippen MR) is 143 cm³/mol. The van der Waals surface area contributed by atoms with E-state index in [2.05, 4.69) is 31.7 Å². The summed E-state index contributed by atoms with van der Waals surface area (Å²) < 4.78 is 7.15. The number of nitrogens with zero attached hydrogens (tertiary/aromatic N) is 4. The standard InChI is InChI=1S/C27H27N7O4/c1-15(35)28-24-20-13-18(38-3)5-7-21(20)29-25(24)26(36)30-22-14-23-33(10-11-34(23)31-22)17-4-6-19-16(12-17)8-9-32(2)27(19)37/h4-7,12-14,29H,8-11H2,1-3H3,(H,28,35)(H,30,31,36). The molecule has 194 valence electrons. The molecule has 0 spiro atoms. The normalized spacial score (nSPS) is 14.4. The van der Waals surface area contributed by atoms with Gasteiger partial charge in [0, 0.05) is 55.3 Å². The van der Waals surface area contributed by atoms with E-state index in [0.29, 0.717) is 41.2 Å². The Morgan fingerprint density at radius 1 is 1.05 bits per heavy atom. The minimum atomic E-state index is -0.427. The maximum Gasteiger partial charge on any atom is 0.275 e. The van der Waals surface area contributed by atoms with Gasteiger partial charge in [0.15, 0.2) is 5.82 Å². The molecular formula is C27H27N7O4. The Hall–Kier alpha value is -4.80. The number of hydrogen-bond acceptors (Lipinski definition) is 6. The van der Waals surface area contributed by atoms with E-state index in [1.165, 1.54) is 6.92 Å². The van der Waals surface area contributed by atoms with Crippen LogP contribution in [0, 0.1) is 0 Å². The molecule has 0 fully saturated rings. The van der Waals surface area contributed by atoms with E-state index in [0.717, 1.165) is 35.6 Å². The molecule has 2 aromatic carbocycles. The summed E-state index contributed by atoms with van der Waals surface area (Å²) in [6.45, 7) is 3.49. The fourth-order valence-corrected chi connectivity index (χ4v) is 5.13. The van der Waals surface area contributed by atoms with Crippen molar-refractivity contribution in [3.63, 3.8) is 0 Å². The molecule has 6 rings (SSSR count). The molecule has 38 heavy (non-hydrogen) atoms. The fourth-order valence-electron chi connectivity index (χ4n) is 5.13. The molecule has 0 atom stereocenters. The number of methoxy groups -OCH3 is 1. The number of nitrogens with one attached hydrogen (secondary N) is 3. The second-order valence-corrected chi connectivity index (χ2v) is 9.50. The molecule has 11 nitrogen and oxygen atoms in total. The Morgan fingerprint density at radius 2 is 1.89 bits per heavy atom. The number of rotatable bonds is 5. The second-order valence-electron chi connectivity index (χ2n) is 9.50. The lowest BCUT2D eigenvalue weighted by Crippen LogP contribution is -2.34. The zero-order valence-corrected chi connectivity index (χ0v) is 21.3. The average Bonchev–Trinajstić information content (AvgIpc) is 3.58. The molecule has 4 heterocycles. The minimum absolute atomic E-state index is 0.0447. The van der Waals surface area contributed by atoms with Gasteiger partial charge >= 0.3 is 0 Å². The molecule has 0 saturated heterocycles. The quantitative estimate of drug-likeness (QED) is 0.376. The lowest BCUT2D eigenvalue weighted by molar-refractivity contribution is -0.114. The zero-order chi connectivity index (χ0) is 26.6. The van der Waals surface area contributed by atoms with E-state index in [1.54, 1.807) is 30.2 Å².